The molecular weight excluding hydrogens is 378 g/mol. The van der Waals surface area contributed by atoms with Gasteiger partial charge < -0.3 is 15.4 Å². The highest BCUT2D eigenvalue weighted by atomic mass is 16.3. The second-order valence-corrected chi connectivity index (χ2v) is 7.80. The zero-order valence-electron chi connectivity index (χ0n) is 16.5. The molecule has 1 aliphatic carbocycles. The van der Waals surface area contributed by atoms with Crippen molar-refractivity contribution in [1.82, 2.24) is 29.9 Å². The van der Waals surface area contributed by atoms with Crippen LogP contribution in [-0.2, 0) is 12.1 Å². The summed E-state index contributed by atoms with van der Waals surface area (Å²) in [5.41, 5.74) is 2.46. The Morgan fingerprint density at radius 1 is 1.03 bits per heavy atom. The summed E-state index contributed by atoms with van der Waals surface area (Å²) < 4.78 is 0. The molecule has 0 spiro atoms. The molecule has 4 aromatic heterocycles. The minimum absolute atomic E-state index is 0.106. The van der Waals surface area contributed by atoms with Crippen molar-refractivity contribution < 1.29 is 5.11 Å². The topological polar surface area (TPSA) is 112 Å². The van der Waals surface area contributed by atoms with E-state index in [-0.39, 0.29) is 5.92 Å². The lowest BCUT2D eigenvalue weighted by Crippen LogP contribution is -2.42. The largest absolute Gasteiger partial charge is 0.367 e. The molecule has 4 heterocycles. The van der Waals surface area contributed by atoms with Gasteiger partial charge in [-0.3, -0.25) is 4.98 Å². The van der Waals surface area contributed by atoms with Crippen molar-refractivity contribution in [3.8, 4) is 0 Å². The van der Waals surface area contributed by atoms with Gasteiger partial charge in [0.15, 0.2) is 5.72 Å². The van der Waals surface area contributed by atoms with E-state index in [1.807, 2.05) is 18.3 Å². The van der Waals surface area contributed by atoms with Crippen LogP contribution in [0.2, 0.25) is 0 Å². The third kappa shape index (κ3) is 3.50. The molecule has 1 atom stereocenters. The minimum Gasteiger partial charge on any atom is -0.367 e. The molecule has 1 unspecified atom stereocenters. The molecule has 152 valence electrons. The fraction of sp³-hybridized carbons (Fsp3) is 0.318. The van der Waals surface area contributed by atoms with E-state index in [1.54, 1.807) is 31.0 Å². The molecule has 0 radical (unpaired) electrons. The maximum Gasteiger partial charge on any atom is 0.225 e. The van der Waals surface area contributed by atoms with Gasteiger partial charge in [-0.1, -0.05) is 12.8 Å². The molecule has 1 saturated carbocycles. The average molecular weight is 401 g/mol. The molecule has 8 heteroatoms. The molecule has 5 rings (SSSR count). The lowest BCUT2D eigenvalue weighted by atomic mass is 9.88. The van der Waals surface area contributed by atoms with E-state index in [1.165, 1.54) is 6.33 Å². The predicted octanol–water partition coefficient (Wildman–Crippen LogP) is 3.18. The van der Waals surface area contributed by atoms with Crippen molar-refractivity contribution in [3.05, 3.63) is 72.3 Å². The molecule has 3 N–H and O–H groups in total. The van der Waals surface area contributed by atoms with Crippen LogP contribution in [0.3, 0.4) is 0 Å². The average Bonchev–Trinajstić information content (AvgIpc) is 3.47. The zero-order chi connectivity index (χ0) is 20.4. The van der Waals surface area contributed by atoms with Crippen molar-refractivity contribution in [2.75, 3.05) is 5.32 Å². The Labute approximate surface area is 173 Å². The molecule has 0 aliphatic heterocycles. The first-order chi connectivity index (χ1) is 14.7. The number of nitrogens with one attached hydrogen (secondary N) is 2. The van der Waals surface area contributed by atoms with Gasteiger partial charge in [-0.15, -0.1) is 0 Å². The minimum atomic E-state index is -1.21. The smallest absolute Gasteiger partial charge is 0.225 e. The van der Waals surface area contributed by atoms with Gasteiger partial charge in [-0.25, -0.2) is 19.9 Å². The molecule has 8 nitrogen and oxygen atoms in total. The van der Waals surface area contributed by atoms with Crippen molar-refractivity contribution in [1.29, 1.82) is 0 Å². The number of rotatable bonds is 6. The van der Waals surface area contributed by atoms with Crippen LogP contribution in [0.4, 0.5) is 5.95 Å². The van der Waals surface area contributed by atoms with Gasteiger partial charge in [-0.05, 0) is 36.1 Å². The summed E-state index contributed by atoms with van der Waals surface area (Å²) in [6, 6.07) is 3.69. The van der Waals surface area contributed by atoms with E-state index >= 15 is 0 Å². The summed E-state index contributed by atoms with van der Waals surface area (Å²) in [5, 5.41) is 15.8. The van der Waals surface area contributed by atoms with Crippen molar-refractivity contribution in [2.45, 2.75) is 37.8 Å². The first kappa shape index (κ1) is 18.6. The lowest BCUT2D eigenvalue weighted by molar-refractivity contribution is 0.00545. The number of anilines is 1. The summed E-state index contributed by atoms with van der Waals surface area (Å²) in [6.07, 6.45) is 17.1. The maximum atomic E-state index is 11.6. The molecule has 30 heavy (non-hydrogen) atoms. The Kier molecular flexibility index (Phi) is 4.84. The maximum absolute atomic E-state index is 11.6. The van der Waals surface area contributed by atoms with Gasteiger partial charge in [0.1, 0.15) is 12.0 Å². The Bertz CT molecular complexity index is 1120. The van der Waals surface area contributed by atoms with Gasteiger partial charge >= 0.3 is 0 Å². The molecule has 1 aliphatic rings. The first-order valence-corrected chi connectivity index (χ1v) is 10.2. The highest BCUT2D eigenvalue weighted by Crippen LogP contribution is 2.40. The van der Waals surface area contributed by atoms with Crippen LogP contribution < -0.4 is 5.32 Å². The number of nitrogens with zero attached hydrogens (tertiary/aromatic N) is 5. The van der Waals surface area contributed by atoms with E-state index < -0.39 is 5.72 Å². The Morgan fingerprint density at radius 2 is 1.80 bits per heavy atom. The monoisotopic (exact) mass is 401 g/mol. The lowest BCUT2D eigenvalue weighted by Gasteiger charge is -2.35. The van der Waals surface area contributed by atoms with Gasteiger partial charge in [-0.2, -0.15) is 0 Å². The number of H-pyrrole nitrogens is 1. The third-order valence-electron chi connectivity index (χ3n) is 5.91. The molecule has 1 fully saturated rings. The van der Waals surface area contributed by atoms with Gasteiger partial charge in [0.05, 0.1) is 0 Å². The molecular formula is C22H23N7O. The van der Waals surface area contributed by atoms with Crippen molar-refractivity contribution >= 4 is 17.0 Å². The van der Waals surface area contributed by atoms with Crippen LogP contribution in [0.15, 0.2) is 55.6 Å². The predicted molar refractivity (Wildman–Crippen MR) is 112 cm³/mol. The van der Waals surface area contributed by atoms with Gasteiger partial charge in [0, 0.05) is 60.5 Å². The van der Waals surface area contributed by atoms with Crippen LogP contribution in [0.5, 0.6) is 0 Å². The van der Waals surface area contributed by atoms with E-state index in [0.29, 0.717) is 12.4 Å². The summed E-state index contributed by atoms with van der Waals surface area (Å²) in [6.45, 7) is 0. The van der Waals surface area contributed by atoms with E-state index in [2.05, 4.69) is 35.2 Å². The number of aromatic nitrogens is 6. The third-order valence-corrected chi connectivity index (χ3v) is 5.91. The summed E-state index contributed by atoms with van der Waals surface area (Å²) in [7, 11) is 0. The van der Waals surface area contributed by atoms with Crippen molar-refractivity contribution in [3.63, 3.8) is 0 Å². The normalized spacial score (nSPS) is 16.6. The number of hydrogen-bond donors (Lipinski definition) is 3. The van der Waals surface area contributed by atoms with Gasteiger partial charge in [0.2, 0.25) is 5.95 Å². The van der Waals surface area contributed by atoms with E-state index in [9.17, 15) is 5.11 Å². The Morgan fingerprint density at radius 3 is 2.57 bits per heavy atom. The number of pyridine rings is 1. The first-order valence-electron chi connectivity index (χ1n) is 10.2. The highest BCUT2D eigenvalue weighted by Gasteiger charge is 2.40. The highest BCUT2D eigenvalue weighted by molar-refractivity contribution is 5.78. The Balaban J connectivity index is 1.37. The number of aromatic amines is 1. The fourth-order valence-electron chi connectivity index (χ4n) is 4.32. The van der Waals surface area contributed by atoms with Gasteiger partial charge in [0.25, 0.3) is 0 Å². The molecule has 4 aromatic rings. The summed E-state index contributed by atoms with van der Waals surface area (Å²) in [4.78, 5) is 24.5. The van der Waals surface area contributed by atoms with Crippen molar-refractivity contribution in [2.24, 2.45) is 5.92 Å². The van der Waals surface area contributed by atoms with Crippen LogP contribution in [0.25, 0.3) is 11.0 Å². The zero-order valence-corrected chi connectivity index (χ0v) is 16.5. The molecule has 0 aromatic carbocycles. The van der Waals surface area contributed by atoms with E-state index in [0.717, 1.165) is 53.4 Å². The molecule has 0 saturated heterocycles. The number of fused-ring (bicyclic) bond motifs is 1. The molecule has 0 bridgehead atoms. The summed E-state index contributed by atoms with van der Waals surface area (Å²) in [5.74, 6) is 0.515. The van der Waals surface area contributed by atoms with E-state index in [4.69, 9.17) is 0 Å². The van der Waals surface area contributed by atoms with Crippen LogP contribution >= 0.6 is 0 Å². The van der Waals surface area contributed by atoms with Crippen LogP contribution in [-0.4, -0.2) is 35.0 Å². The second kappa shape index (κ2) is 7.79. The fourth-order valence-corrected chi connectivity index (χ4v) is 4.32. The number of aliphatic hydroxyl groups is 1. The Hall–Kier alpha value is -3.39. The van der Waals surface area contributed by atoms with Crippen LogP contribution in [0, 0.1) is 5.92 Å². The molecule has 0 amide bonds. The quantitative estimate of drug-likeness (QED) is 0.425. The summed E-state index contributed by atoms with van der Waals surface area (Å²) >= 11 is 0. The van der Waals surface area contributed by atoms with Crippen LogP contribution in [0.1, 0.15) is 42.4 Å². The SMILES string of the molecule is OC(Nc1ncc(Cc2c[nH]c3ncncc23)cn1)(c1ccncc1)C1CCCC1. The standard InChI is InChI=1S/C22H23N7O/c30-22(17-3-1-2-4-17,18-5-7-23-8-6-18)29-21-26-10-15(11-27-21)9-16-12-25-20-19(16)13-24-14-28-20/h5-8,10-14,17,30H,1-4,9H2,(H,24,25,28)(H,26,27,29). The second-order valence-electron chi connectivity index (χ2n) is 7.80. The number of hydrogen-bond acceptors (Lipinski definition) is 7.